The SMILES string of the molecule is O=C(Cc1ccc(N2CCOCC2)cc1)NC1CNc2ccc(F)cc2N(Cc2ccccc2)C1=O. The van der Waals surface area contributed by atoms with Crippen molar-refractivity contribution in [3.63, 3.8) is 0 Å². The van der Waals surface area contributed by atoms with Gasteiger partial charge >= 0.3 is 0 Å². The summed E-state index contributed by atoms with van der Waals surface area (Å²) in [5, 5.41) is 6.09. The maximum Gasteiger partial charge on any atom is 0.251 e. The van der Waals surface area contributed by atoms with Crippen LogP contribution in [0.1, 0.15) is 11.1 Å². The maximum absolute atomic E-state index is 14.1. The number of ether oxygens (including phenoxy) is 1. The van der Waals surface area contributed by atoms with Crippen molar-refractivity contribution in [3.8, 4) is 0 Å². The van der Waals surface area contributed by atoms with E-state index in [2.05, 4.69) is 15.5 Å². The average Bonchev–Trinajstić information content (AvgIpc) is 3.02. The summed E-state index contributed by atoms with van der Waals surface area (Å²) in [6.45, 7) is 3.61. The molecule has 1 fully saturated rings. The second-order valence-corrected chi connectivity index (χ2v) is 9.02. The number of benzene rings is 3. The van der Waals surface area contributed by atoms with Gasteiger partial charge in [-0.15, -0.1) is 0 Å². The molecule has 1 saturated heterocycles. The van der Waals surface area contributed by atoms with E-state index in [1.165, 1.54) is 17.0 Å². The molecule has 3 aromatic carbocycles. The number of carbonyl (C=O) groups excluding carboxylic acids is 2. The van der Waals surface area contributed by atoms with Crippen molar-refractivity contribution < 1.29 is 18.7 Å². The van der Waals surface area contributed by atoms with Gasteiger partial charge in [0.25, 0.3) is 5.91 Å². The fourth-order valence-corrected chi connectivity index (χ4v) is 4.60. The molecule has 186 valence electrons. The van der Waals surface area contributed by atoms with E-state index < -0.39 is 11.9 Å². The number of amides is 2. The zero-order valence-corrected chi connectivity index (χ0v) is 20.0. The van der Waals surface area contributed by atoms with Crippen LogP contribution < -0.4 is 20.4 Å². The molecule has 7 nitrogen and oxygen atoms in total. The van der Waals surface area contributed by atoms with Gasteiger partial charge in [0, 0.05) is 25.3 Å². The molecular formula is C28H29FN4O3. The summed E-state index contributed by atoms with van der Waals surface area (Å²) in [4.78, 5) is 30.3. The van der Waals surface area contributed by atoms with Gasteiger partial charge in [0.2, 0.25) is 5.91 Å². The van der Waals surface area contributed by atoms with Crippen molar-refractivity contribution in [2.75, 3.05) is 48.0 Å². The Morgan fingerprint density at radius 3 is 2.50 bits per heavy atom. The van der Waals surface area contributed by atoms with Crippen LogP contribution in [-0.2, 0) is 27.3 Å². The minimum absolute atomic E-state index is 0.160. The molecule has 36 heavy (non-hydrogen) atoms. The van der Waals surface area contributed by atoms with E-state index in [0.29, 0.717) is 24.6 Å². The Morgan fingerprint density at radius 2 is 1.75 bits per heavy atom. The number of halogens is 1. The molecule has 0 radical (unpaired) electrons. The monoisotopic (exact) mass is 488 g/mol. The first-order valence-corrected chi connectivity index (χ1v) is 12.2. The van der Waals surface area contributed by atoms with Crippen molar-refractivity contribution in [2.24, 2.45) is 0 Å². The van der Waals surface area contributed by atoms with Crippen LogP contribution in [0, 0.1) is 5.82 Å². The first-order valence-electron chi connectivity index (χ1n) is 12.2. The standard InChI is InChI=1S/C28H29FN4O3/c29-22-8-11-24-26(17-22)33(19-21-4-2-1-3-5-21)28(35)25(18-30-24)31-27(34)16-20-6-9-23(10-7-20)32-12-14-36-15-13-32/h1-11,17,25,30H,12-16,18-19H2,(H,31,34). The summed E-state index contributed by atoms with van der Waals surface area (Å²) >= 11 is 0. The van der Waals surface area contributed by atoms with Gasteiger partial charge < -0.3 is 25.2 Å². The van der Waals surface area contributed by atoms with E-state index in [1.54, 1.807) is 6.07 Å². The molecule has 0 aromatic heterocycles. The van der Waals surface area contributed by atoms with E-state index in [0.717, 1.165) is 29.9 Å². The number of hydrogen-bond acceptors (Lipinski definition) is 5. The lowest BCUT2D eigenvalue weighted by atomic mass is 10.1. The Balaban J connectivity index is 1.29. The molecule has 1 atom stereocenters. The lowest BCUT2D eigenvalue weighted by Gasteiger charge is -2.29. The number of nitrogens with one attached hydrogen (secondary N) is 2. The summed E-state index contributed by atoms with van der Waals surface area (Å²) in [7, 11) is 0. The van der Waals surface area contributed by atoms with Gasteiger partial charge in [0.1, 0.15) is 11.9 Å². The summed E-state index contributed by atoms with van der Waals surface area (Å²) < 4.78 is 19.5. The highest BCUT2D eigenvalue weighted by Crippen LogP contribution is 2.31. The number of nitrogens with zero attached hydrogens (tertiary/aromatic N) is 2. The zero-order valence-electron chi connectivity index (χ0n) is 20.0. The summed E-state index contributed by atoms with van der Waals surface area (Å²) in [5.41, 5.74) is 3.99. The van der Waals surface area contributed by atoms with Crippen LogP contribution >= 0.6 is 0 Å². The molecule has 2 heterocycles. The van der Waals surface area contributed by atoms with E-state index in [4.69, 9.17) is 4.74 Å². The maximum atomic E-state index is 14.1. The minimum Gasteiger partial charge on any atom is -0.381 e. The number of carbonyl (C=O) groups is 2. The second-order valence-electron chi connectivity index (χ2n) is 9.02. The highest BCUT2D eigenvalue weighted by molar-refractivity contribution is 6.03. The largest absolute Gasteiger partial charge is 0.381 e. The number of fused-ring (bicyclic) bond motifs is 1. The van der Waals surface area contributed by atoms with Gasteiger partial charge in [-0.05, 0) is 41.5 Å². The molecule has 3 aromatic rings. The molecular weight excluding hydrogens is 459 g/mol. The van der Waals surface area contributed by atoms with Crippen molar-refractivity contribution >= 4 is 28.9 Å². The zero-order chi connectivity index (χ0) is 24.9. The minimum atomic E-state index is -0.788. The molecule has 5 rings (SSSR count). The molecule has 8 heteroatoms. The lowest BCUT2D eigenvalue weighted by Crippen LogP contribution is -2.50. The third-order valence-electron chi connectivity index (χ3n) is 6.51. The van der Waals surface area contributed by atoms with Crippen LogP contribution in [0.4, 0.5) is 21.5 Å². The normalized spacial score (nSPS) is 17.7. The van der Waals surface area contributed by atoms with Crippen molar-refractivity contribution in [1.82, 2.24) is 5.32 Å². The Kier molecular flexibility index (Phi) is 7.13. The number of rotatable bonds is 6. The van der Waals surface area contributed by atoms with E-state index in [1.807, 2.05) is 54.6 Å². The predicted octanol–water partition coefficient (Wildman–Crippen LogP) is 3.35. The molecule has 2 aliphatic rings. The fraction of sp³-hybridized carbons (Fsp3) is 0.286. The molecule has 0 aliphatic carbocycles. The first-order chi connectivity index (χ1) is 17.6. The Morgan fingerprint density at radius 1 is 1.00 bits per heavy atom. The molecule has 2 aliphatic heterocycles. The number of anilines is 3. The first kappa shape index (κ1) is 23.8. The Bertz CT molecular complexity index is 1210. The van der Waals surface area contributed by atoms with Crippen LogP contribution in [0.5, 0.6) is 0 Å². The van der Waals surface area contributed by atoms with Crippen LogP contribution in [0.25, 0.3) is 0 Å². The molecule has 2 N–H and O–H groups in total. The van der Waals surface area contributed by atoms with E-state index >= 15 is 0 Å². The van der Waals surface area contributed by atoms with Gasteiger partial charge in [-0.1, -0.05) is 42.5 Å². The van der Waals surface area contributed by atoms with Gasteiger partial charge in [0.15, 0.2) is 0 Å². The molecule has 1 unspecified atom stereocenters. The third-order valence-corrected chi connectivity index (χ3v) is 6.51. The second kappa shape index (κ2) is 10.8. The average molecular weight is 489 g/mol. The number of morpholine rings is 1. The third kappa shape index (κ3) is 5.49. The van der Waals surface area contributed by atoms with Crippen molar-refractivity contribution in [1.29, 1.82) is 0 Å². The predicted molar refractivity (Wildman–Crippen MR) is 138 cm³/mol. The lowest BCUT2D eigenvalue weighted by molar-refractivity contribution is -0.127. The van der Waals surface area contributed by atoms with Gasteiger partial charge in [-0.2, -0.15) is 0 Å². The van der Waals surface area contributed by atoms with Crippen molar-refractivity contribution in [3.05, 3.63) is 89.7 Å². The fourth-order valence-electron chi connectivity index (χ4n) is 4.60. The van der Waals surface area contributed by atoms with Gasteiger partial charge in [0.05, 0.1) is 37.6 Å². The Hall–Kier alpha value is -3.91. The van der Waals surface area contributed by atoms with Crippen LogP contribution in [0.3, 0.4) is 0 Å². The van der Waals surface area contributed by atoms with E-state index in [-0.39, 0.29) is 31.3 Å². The van der Waals surface area contributed by atoms with Crippen LogP contribution in [0.15, 0.2) is 72.8 Å². The molecule has 2 amide bonds. The smallest absolute Gasteiger partial charge is 0.251 e. The summed E-state index contributed by atoms with van der Waals surface area (Å²) in [6.07, 6.45) is 0.160. The quantitative estimate of drug-likeness (QED) is 0.557. The molecule has 0 saturated carbocycles. The highest BCUT2D eigenvalue weighted by atomic mass is 19.1. The molecule has 0 bridgehead atoms. The highest BCUT2D eigenvalue weighted by Gasteiger charge is 2.31. The van der Waals surface area contributed by atoms with E-state index in [9.17, 15) is 14.0 Å². The Labute approximate surface area is 209 Å². The topological polar surface area (TPSA) is 73.9 Å². The van der Waals surface area contributed by atoms with Gasteiger partial charge in [-0.3, -0.25) is 9.59 Å². The van der Waals surface area contributed by atoms with Crippen LogP contribution in [-0.4, -0.2) is 50.7 Å². The van der Waals surface area contributed by atoms with Crippen LogP contribution in [0.2, 0.25) is 0 Å². The number of hydrogen-bond donors (Lipinski definition) is 2. The summed E-state index contributed by atoms with van der Waals surface area (Å²) in [6, 6.07) is 21.0. The molecule has 0 spiro atoms. The summed E-state index contributed by atoms with van der Waals surface area (Å²) in [5.74, 6) is -0.956. The van der Waals surface area contributed by atoms with Gasteiger partial charge in [-0.25, -0.2) is 4.39 Å². The van der Waals surface area contributed by atoms with Crippen molar-refractivity contribution in [2.45, 2.75) is 19.0 Å².